The Balaban J connectivity index is 1.96. The zero-order valence-corrected chi connectivity index (χ0v) is 17.5. The number of nitrogens with one attached hydrogen (secondary N) is 1. The average Bonchev–Trinajstić information content (AvgIpc) is 3.06. The molecule has 8 heteroatoms. The van der Waals surface area contributed by atoms with Crippen LogP contribution in [0.25, 0.3) is 6.08 Å². The fourth-order valence-electron chi connectivity index (χ4n) is 3.07. The lowest BCUT2D eigenvalue weighted by Gasteiger charge is -2.17. The number of aliphatic hydroxyl groups is 2. The molecule has 1 atom stereocenters. The fraction of sp³-hybridized carbons (Fsp3) is 0.304. The van der Waals surface area contributed by atoms with Gasteiger partial charge in [0.25, 0.3) is 11.8 Å². The number of aliphatic hydroxyl groups excluding tert-OH is 2. The van der Waals surface area contributed by atoms with Gasteiger partial charge in [0.1, 0.15) is 29.8 Å². The zero-order chi connectivity index (χ0) is 22.4. The van der Waals surface area contributed by atoms with E-state index in [1.165, 1.54) is 11.1 Å². The normalized spacial score (nSPS) is 15.9. The van der Waals surface area contributed by atoms with Crippen molar-refractivity contribution in [3.63, 3.8) is 0 Å². The number of ether oxygens (including phenoxy) is 2. The van der Waals surface area contributed by atoms with E-state index in [1.54, 1.807) is 43.3 Å². The first kappa shape index (κ1) is 22.3. The van der Waals surface area contributed by atoms with Crippen LogP contribution < -0.4 is 19.9 Å². The van der Waals surface area contributed by atoms with Crippen molar-refractivity contribution >= 4 is 23.6 Å². The van der Waals surface area contributed by atoms with E-state index in [0.29, 0.717) is 34.9 Å². The molecule has 1 heterocycles. The van der Waals surface area contributed by atoms with Crippen molar-refractivity contribution in [3.8, 4) is 11.5 Å². The quantitative estimate of drug-likeness (QED) is 0.418. The van der Waals surface area contributed by atoms with Crippen molar-refractivity contribution in [1.82, 2.24) is 5.43 Å². The molecular formula is C23H26N2O6. The van der Waals surface area contributed by atoms with Crippen molar-refractivity contribution in [2.45, 2.75) is 26.4 Å². The maximum absolute atomic E-state index is 12.9. The molecule has 2 amide bonds. The Morgan fingerprint density at radius 2 is 1.87 bits per heavy atom. The number of amides is 2. The van der Waals surface area contributed by atoms with Gasteiger partial charge in [-0.1, -0.05) is 25.1 Å². The molecule has 8 nitrogen and oxygen atoms in total. The fourth-order valence-corrected chi connectivity index (χ4v) is 3.07. The van der Waals surface area contributed by atoms with Crippen LogP contribution in [0.5, 0.6) is 11.5 Å². The van der Waals surface area contributed by atoms with Gasteiger partial charge in [0.05, 0.1) is 18.9 Å². The molecular weight excluding hydrogens is 400 g/mol. The van der Waals surface area contributed by atoms with Gasteiger partial charge in [0.15, 0.2) is 0 Å². The van der Waals surface area contributed by atoms with Crippen LogP contribution >= 0.6 is 0 Å². The molecule has 1 fully saturated rings. The van der Waals surface area contributed by atoms with Gasteiger partial charge in [-0.3, -0.25) is 15.0 Å². The third-order valence-corrected chi connectivity index (χ3v) is 4.68. The molecule has 3 rings (SSSR count). The highest BCUT2D eigenvalue weighted by atomic mass is 16.5. The van der Waals surface area contributed by atoms with E-state index >= 15 is 0 Å². The van der Waals surface area contributed by atoms with Gasteiger partial charge in [-0.25, -0.2) is 5.01 Å². The van der Waals surface area contributed by atoms with Crippen molar-refractivity contribution in [1.29, 1.82) is 0 Å². The molecule has 1 saturated heterocycles. The number of hydrazine groups is 1. The van der Waals surface area contributed by atoms with Crippen LogP contribution in [0, 0.1) is 6.92 Å². The van der Waals surface area contributed by atoms with Gasteiger partial charge < -0.3 is 19.7 Å². The van der Waals surface area contributed by atoms with Gasteiger partial charge in [-0.05, 0) is 43.7 Å². The summed E-state index contributed by atoms with van der Waals surface area (Å²) in [7, 11) is 0. The van der Waals surface area contributed by atoms with Crippen molar-refractivity contribution in [3.05, 3.63) is 59.2 Å². The van der Waals surface area contributed by atoms with Crippen molar-refractivity contribution < 1.29 is 29.3 Å². The molecule has 1 aliphatic rings. The lowest BCUT2D eigenvalue weighted by atomic mass is 10.0. The molecule has 0 bridgehead atoms. The first-order valence-electron chi connectivity index (χ1n) is 10.1. The predicted molar refractivity (Wildman–Crippen MR) is 116 cm³/mol. The number of benzene rings is 2. The Morgan fingerprint density at radius 3 is 2.55 bits per heavy atom. The summed E-state index contributed by atoms with van der Waals surface area (Å²) in [6.45, 7) is 3.70. The smallest absolute Gasteiger partial charge is 0.282 e. The Labute approximate surface area is 180 Å². The summed E-state index contributed by atoms with van der Waals surface area (Å²) in [4.78, 5) is 25.4. The molecule has 2 aromatic carbocycles. The highest BCUT2D eigenvalue weighted by Crippen LogP contribution is 2.34. The van der Waals surface area contributed by atoms with Gasteiger partial charge in [0, 0.05) is 11.1 Å². The van der Waals surface area contributed by atoms with Gasteiger partial charge in [0.2, 0.25) is 0 Å². The molecule has 164 valence electrons. The zero-order valence-electron chi connectivity index (χ0n) is 17.5. The summed E-state index contributed by atoms with van der Waals surface area (Å²) in [6, 6.07) is 12.2. The molecule has 1 aliphatic heterocycles. The second-order valence-corrected chi connectivity index (χ2v) is 7.08. The highest BCUT2D eigenvalue weighted by Gasteiger charge is 2.34. The average molecular weight is 426 g/mol. The summed E-state index contributed by atoms with van der Waals surface area (Å²) in [5.41, 5.74) is 4.22. The molecule has 0 radical (unpaired) electrons. The van der Waals surface area contributed by atoms with Crippen LogP contribution in [0.1, 0.15) is 24.5 Å². The Kier molecular flexibility index (Phi) is 7.28. The minimum Gasteiger partial charge on any atom is -0.493 e. The van der Waals surface area contributed by atoms with Crippen molar-refractivity contribution in [2.24, 2.45) is 0 Å². The largest absolute Gasteiger partial charge is 0.493 e. The second kappa shape index (κ2) is 10.1. The molecule has 0 spiro atoms. The topological polar surface area (TPSA) is 108 Å². The van der Waals surface area contributed by atoms with E-state index in [2.05, 4.69) is 5.43 Å². The van der Waals surface area contributed by atoms with E-state index in [-0.39, 0.29) is 12.2 Å². The van der Waals surface area contributed by atoms with Gasteiger partial charge in [-0.15, -0.1) is 0 Å². The van der Waals surface area contributed by atoms with Crippen LogP contribution in [0.4, 0.5) is 5.69 Å². The third-order valence-electron chi connectivity index (χ3n) is 4.68. The monoisotopic (exact) mass is 426 g/mol. The van der Waals surface area contributed by atoms with Crippen LogP contribution in [-0.2, 0) is 9.59 Å². The van der Waals surface area contributed by atoms with Crippen LogP contribution in [0.15, 0.2) is 48.0 Å². The Hall–Kier alpha value is -3.36. The molecule has 31 heavy (non-hydrogen) atoms. The number of carbonyl (C=O) groups is 2. The van der Waals surface area contributed by atoms with Gasteiger partial charge >= 0.3 is 0 Å². The maximum Gasteiger partial charge on any atom is 0.282 e. The van der Waals surface area contributed by atoms with Crippen LogP contribution in [0.3, 0.4) is 0 Å². The second-order valence-electron chi connectivity index (χ2n) is 7.08. The van der Waals surface area contributed by atoms with Gasteiger partial charge in [-0.2, -0.15) is 0 Å². The molecule has 0 aliphatic carbocycles. The van der Waals surface area contributed by atoms with Crippen LogP contribution in [-0.4, -0.2) is 48.0 Å². The summed E-state index contributed by atoms with van der Waals surface area (Å²) in [5, 5.41) is 20.0. The third kappa shape index (κ3) is 5.04. The molecule has 2 aromatic rings. The molecule has 0 saturated carbocycles. The molecule has 0 aromatic heterocycles. The van der Waals surface area contributed by atoms with Crippen LogP contribution in [0.2, 0.25) is 0 Å². The number of hydrogen-bond donors (Lipinski definition) is 3. The number of nitrogens with zero attached hydrogens (tertiary/aromatic N) is 1. The lowest BCUT2D eigenvalue weighted by Crippen LogP contribution is -2.35. The summed E-state index contributed by atoms with van der Waals surface area (Å²) in [6.07, 6.45) is 1.22. The summed E-state index contributed by atoms with van der Waals surface area (Å²) >= 11 is 0. The first-order valence-corrected chi connectivity index (χ1v) is 10.1. The number of carbonyl (C=O) groups excluding carboxylic acids is 2. The standard InChI is InChI=1S/C23H26N2O6/c1-3-11-30-20-10-9-16(21(15(20)2)31-14-18(27)13-26)12-19-22(28)24-25(23(19)29)17-7-5-4-6-8-17/h4-10,12,18,26-27H,3,11,13-14H2,1-2H3,(H,24,28)/b19-12-/t18-/m1/s1. The number of hydrogen-bond acceptors (Lipinski definition) is 6. The van der Waals surface area contributed by atoms with E-state index in [9.17, 15) is 14.7 Å². The van der Waals surface area contributed by atoms with E-state index in [4.69, 9.17) is 14.6 Å². The summed E-state index contributed by atoms with van der Waals surface area (Å²) < 4.78 is 11.5. The predicted octanol–water partition coefficient (Wildman–Crippen LogP) is 1.98. The number of anilines is 1. The first-order chi connectivity index (χ1) is 15.0. The minimum atomic E-state index is -1.06. The highest BCUT2D eigenvalue weighted by molar-refractivity contribution is 6.31. The molecule has 3 N–H and O–H groups in total. The Bertz CT molecular complexity index is 974. The van der Waals surface area contributed by atoms with E-state index < -0.39 is 24.5 Å². The summed E-state index contributed by atoms with van der Waals surface area (Å²) in [5.74, 6) is -0.0429. The minimum absolute atomic E-state index is 0.0435. The lowest BCUT2D eigenvalue weighted by molar-refractivity contribution is -0.117. The molecule has 0 unspecified atom stereocenters. The Morgan fingerprint density at radius 1 is 1.13 bits per heavy atom. The number of rotatable bonds is 9. The SMILES string of the molecule is CCCOc1ccc(/C=C2/C(=O)NN(c3ccccc3)C2=O)c(OC[C@H](O)CO)c1C. The number of para-hydroxylation sites is 1. The van der Waals surface area contributed by atoms with E-state index in [1.807, 2.05) is 13.0 Å². The maximum atomic E-state index is 12.9. The van der Waals surface area contributed by atoms with Crippen molar-refractivity contribution in [2.75, 3.05) is 24.8 Å². The van der Waals surface area contributed by atoms with E-state index in [0.717, 1.165) is 6.42 Å².